The van der Waals surface area contributed by atoms with Crippen LogP contribution in [-0.4, -0.2) is 37.7 Å². The van der Waals surface area contributed by atoms with Gasteiger partial charge in [-0.15, -0.1) is 0 Å². The second-order valence-electron chi connectivity index (χ2n) is 5.26. The summed E-state index contributed by atoms with van der Waals surface area (Å²) < 4.78 is 6.38. The molecule has 0 radical (unpaired) electrons. The van der Waals surface area contributed by atoms with Gasteiger partial charge in [-0.2, -0.15) is 0 Å². The highest BCUT2D eigenvalue weighted by Crippen LogP contribution is 2.21. The van der Waals surface area contributed by atoms with E-state index >= 15 is 0 Å². The van der Waals surface area contributed by atoms with Crippen molar-refractivity contribution < 1.29 is 4.74 Å². The second-order valence-corrected chi connectivity index (χ2v) is 6.12. The van der Waals surface area contributed by atoms with Crippen LogP contribution in [0.5, 0.6) is 0 Å². The van der Waals surface area contributed by atoms with Gasteiger partial charge in [-0.3, -0.25) is 4.90 Å². The number of nitrogens with zero attached hydrogens (tertiary/aromatic N) is 1. The van der Waals surface area contributed by atoms with Crippen molar-refractivity contribution in [2.24, 2.45) is 0 Å². The molecule has 0 spiro atoms. The Hall–Kier alpha value is -0.420. The number of nitrogens with one attached hydrogen (secondary N) is 1. The first-order valence-electron chi connectivity index (χ1n) is 7.29. The zero-order chi connectivity index (χ0) is 15.0. The molecule has 0 amide bonds. The topological polar surface area (TPSA) is 24.5 Å². The minimum atomic E-state index is 0.512. The van der Waals surface area contributed by atoms with E-state index in [1.807, 2.05) is 0 Å². The Bertz CT molecular complexity index is 396. The second kappa shape index (κ2) is 9.50. The van der Waals surface area contributed by atoms with Crippen LogP contribution in [0.2, 0.25) is 0 Å². The molecule has 3 nitrogen and oxygen atoms in total. The molecule has 1 rings (SSSR count). The van der Waals surface area contributed by atoms with E-state index in [1.54, 1.807) is 7.11 Å². The Morgan fingerprint density at radius 1 is 1.35 bits per heavy atom. The van der Waals surface area contributed by atoms with Crippen molar-refractivity contribution in [3.63, 3.8) is 0 Å². The van der Waals surface area contributed by atoms with Crippen molar-refractivity contribution in [1.82, 2.24) is 10.2 Å². The van der Waals surface area contributed by atoms with Crippen LogP contribution >= 0.6 is 15.9 Å². The fraction of sp³-hybridized carbons (Fsp3) is 0.625. The Morgan fingerprint density at radius 2 is 2.10 bits per heavy atom. The molecule has 1 N–H and O–H groups in total. The summed E-state index contributed by atoms with van der Waals surface area (Å²) in [6.07, 6.45) is 0. The lowest BCUT2D eigenvalue weighted by Crippen LogP contribution is -2.33. The first-order chi connectivity index (χ1) is 9.58. The molecule has 0 saturated heterocycles. The predicted molar refractivity (Wildman–Crippen MR) is 88.9 cm³/mol. The van der Waals surface area contributed by atoms with E-state index in [0.717, 1.165) is 32.8 Å². The lowest BCUT2D eigenvalue weighted by atomic mass is 10.1. The minimum absolute atomic E-state index is 0.512. The number of ether oxygens (including phenoxy) is 1. The van der Waals surface area contributed by atoms with Crippen LogP contribution < -0.4 is 5.32 Å². The Morgan fingerprint density at radius 3 is 2.65 bits per heavy atom. The van der Waals surface area contributed by atoms with Crippen molar-refractivity contribution in [3.8, 4) is 0 Å². The summed E-state index contributed by atoms with van der Waals surface area (Å²) in [5, 5.41) is 3.35. The number of benzene rings is 1. The van der Waals surface area contributed by atoms with E-state index in [0.29, 0.717) is 6.04 Å². The van der Waals surface area contributed by atoms with Crippen LogP contribution in [0.4, 0.5) is 0 Å². The smallest absolute Gasteiger partial charge is 0.0589 e. The molecule has 20 heavy (non-hydrogen) atoms. The number of hydrogen-bond acceptors (Lipinski definition) is 3. The molecule has 0 aliphatic rings. The molecule has 1 aromatic rings. The molecule has 0 aliphatic carbocycles. The zero-order valence-electron chi connectivity index (χ0n) is 13.1. The highest BCUT2D eigenvalue weighted by molar-refractivity contribution is 9.10. The molecular weight excluding hydrogens is 316 g/mol. The van der Waals surface area contributed by atoms with Crippen molar-refractivity contribution in [2.45, 2.75) is 39.9 Å². The highest BCUT2D eigenvalue weighted by Gasteiger charge is 2.12. The first kappa shape index (κ1) is 17.6. The summed E-state index contributed by atoms with van der Waals surface area (Å²) in [6.45, 7) is 11.2. The molecule has 1 aromatic carbocycles. The first-order valence-corrected chi connectivity index (χ1v) is 8.08. The van der Waals surface area contributed by atoms with E-state index < -0.39 is 0 Å². The van der Waals surface area contributed by atoms with Crippen LogP contribution in [0, 0.1) is 0 Å². The standard InChI is InChI=1S/C16H27BrN2O/c1-5-18-11-14-6-7-15(16(17)10-14)12-19(13(2)3)8-9-20-4/h6-7,10,13,18H,5,8-9,11-12H2,1-4H3. The summed E-state index contributed by atoms with van der Waals surface area (Å²) in [7, 11) is 1.75. The molecule has 0 atom stereocenters. The summed E-state index contributed by atoms with van der Waals surface area (Å²) in [5.74, 6) is 0. The molecule has 0 aliphatic heterocycles. The number of methoxy groups -OCH3 is 1. The van der Waals surface area contributed by atoms with Gasteiger partial charge in [0.1, 0.15) is 0 Å². The monoisotopic (exact) mass is 342 g/mol. The van der Waals surface area contributed by atoms with Gasteiger partial charge in [-0.25, -0.2) is 0 Å². The van der Waals surface area contributed by atoms with Crippen LogP contribution in [0.1, 0.15) is 31.9 Å². The van der Waals surface area contributed by atoms with Gasteiger partial charge >= 0.3 is 0 Å². The van der Waals surface area contributed by atoms with Crippen LogP contribution in [-0.2, 0) is 17.8 Å². The average molecular weight is 343 g/mol. The largest absolute Gasteiger partial charge is 0.383 e. The quantitative estimate of drug-likeness (QED) is 0.744. The normalized spacial score (nSPS) is 11.6. The molecular formula is C16H27BrN2O. The van der Waals surface area contributed by atoms with E-state index in [4.69, 9.17) is 4.74 Å². The zero-order valence-corrected chi connectivity index (χ0v) is 14.7. The maximum absolute atomic E-state index is 5.19. The van der Waals surface area contributed by atoms with Crippen molar-refractivity contribution in [1.29, 1.82) is 0 Å². The third-order valence-corrected chi connectivity index (χ3v) is 4.12. The van der Waals surface area contributed by atoms with Crippen molar-refractivity contribution in [2.75, 3.05) is 26.8 Å². The van der Waals surface area contributed by atoms with Gasteiger partial charge in [0.15, 0.2) is 0 Å². The summed E-state index contributed by atoms with van der Waals surface area (Å²) >= 11 is 3.70. The van der Waals surface area contributed by atoms with Gasteiger partial charge in [0.05, 0.1) is 6.61 Å². The van der Waals surface area contributed by atoms with Gasteiger partial charge in [0.2, 0.25) is 0 Å². The summed E-state index contributed by atoms with van der Waals surface area (Å²) in [5.41, 5.74) is 2.64. The Labute approximate surface area is 131 Å². The minimum Gasteiger partial charge on any atom is -0.383 e. The molecule has 0 fully saturated rings. The number of hydrogen-bond donors (Lipinski definition) is 1. The predicted octanol–water partition coefficient (Wildman–Crippen LogP) is 3.42. The Kier molecular flexibility index (Phi) is 8.38. The van der Waals surface area contributed by atoms with Crippen LogP contribution in [0.15, 0.2) is 22.7 Å². The van der Waals surface area contributed by atoms with Crippen LogP contribution in [0.25, 0.3) is 0 Å². The van der Waals surface area contributed by atoms with Gasteiger partial charge in [-0.1, -0.05) is 35.0 Å². The molecule has 0 aromatic heterocycles. The van der Waals surface area contributed by atoms with Crippen molar-refractivity contribution in [3.05, 3.63) is 33.8 Å². The number of halogens is 1. The molecule has 0 bridgehead atoms. The van der Waals surface area contributed by atoms with Gasteiger partial charge in [-0.05, 0) is 37.6 Å². The lowest BCUT2D eigenvalue weighted by molar-refractivity contribution is 0.125. The molecule has 0 unspecified atom stereocenters. The molecule has 114 valence electrons. The summed E-state index contributed by atoms with van der Waals surface area (Å²) in [4.78, 5) is 2.42. The van der Waals surface area contributed by atoms with E-state index in [2.05, 4.69) is 65.1 Å². The third-order valence-electron chi connectivity index (χ3n) is 3.38. The summed E-state index contributed by atoms with van der Waals surface area (Å²) in [6, 6.07) is 7.15. The lowest BCUT2D eigenvalue weighted by Gasteiger charge is -2.26. The number of rotatable bonds is 9. The SMILES string of the molecule is CCNCc1ccc(CN(CCOC)C(C)C)c(Br)c1. The van der Waals surface area contributed by atoms with Crippen molar-refractivity contribution >= 4 is 15.9 Å². The molecule has 0 heterocycles. The van der Waals surface area contributed by atoms with E-state index in [1.165, 1.54) is 15.6 Å². The van der Waals surface area contributed by atoms with Crippen LogP contribution in [0.3, 0.4) is 0 Å². The van der Waals surface area contributed by atoms with E-state index in [-0.39, 0.29) is 0 Å². The van der Waals surface area contributed by atoms with E-state index in [9.17, 15) is 0 Å². The fourth-order valence-corrected chi connectivity index (χ4v) is 2.60. The maximum atomic E-state index is 5.19. The Balaban J connectivity index is 2.70. The molecule has 4 heteroatoms. The van der Waals surface area contributed by atoms with Gasteiger partial charge < -0.3 is 10.1 Å². The van der Waals surface area contributed by atoms with Gasteiger partial charge in [0.25, 0.3) is 0 Å². The third kappa shape index (κ3) is 5.92. The molecule has 0 saturated carbocycles. The fourth-order valence-electron chi connectivity index (χ4n) is 2.05. The van der Waals surface area contributed by atoms with Gasteiger partial charge in [0, 0.05) is 37.3 Å². The average Bonchev–Trinajstić information content (AvgIpc) is 2.42. The maximum Gasteiger partial charge on any atom is 0.0589 e. The highest BCUT2D eigenvalue weighted by atomic mass is 79.9.